The van der Waals surface area contributed by atoms with Gasteiger partial charge in [-0.1, -0.05) is 13.8 Å². The molecule has 0 radical (unpaired) electrons. The second kappa shape index (κ2) is 3.95. The molecule has 2 rings (SSSR count). The Morgan fingerprint density at radius 2 is 1.93 bits per heavy atom. The summed E-state index contributed by atoms with van der Waals surface area (Å²) in [6, 6.07) is 0.320. The lowest BCUT2D eigenvalue weighted by atomic mass is 9.84. The summed E-state index contributed by atoms with van der Waals surface area (Å²) in [6.45, 7) is 4.99. The summed E-state index contributed by atoms with van der Waals surface area (Å²) in [6.07, 6.45) is 3.17. The van der Waals surface area contributed by atoms with E-state index in [1.807, 2.05) is 11.8 Å². The predicted molar refractivity (Wildman–Crippen MR) is 57.3 cm³/mol. The van der Waals surface area contributed by atoms with E-state index in [0.29, 0.717) is 36.5 Å². The largest absolute Gasteiger partial charge is 0.339 e. The van der Waals surface area contributed by atoms with E-state index in [4.69, 9.17) is 0 Å². The summed E-state index contributed by atoms with van der Waals surface area (Å²) < 4.78 is 0. The molecule has 84 valence electrons. The van der Waals surface area contributed by atoms with Gasteiger partial charge in [0.05, 0.1) is 0 Å². The van der Waals surface area contributed by atoms with E-state index in [2.05, 4.69) is 6.92 Å². The standard InChI is InChI=1S/C12H19NO2/c1-8-5-6-13(12(8)15)11-4-3-10(14)7-9(11)2/h8-9,11H,3-7H2,1-2H3/t8-,9+,11-/m0/s1. The summed E-state index contributed by atoms with van der Waals surface area (Å²) in [7, 11) is 0. The number of rotatable bonds is 1. The van der Waals surface area contributed by atoms with Crippen LogP contribution in [0.15, 0.2) is 0 Å². The fourth-order valence-corrected chi connectivity index (χ4v) is 2.83. The van der Waals surface area contributed by atoms with E-state index in [-0.39, 0.29) is 5.92 Å². The average Bonchev–Trinajstić information content (AvgIpc) is 2.49. The lowest BCUT2D eigenvalue weighted by Gasteiger charge is -2.35. The molecule has 1 aliphatic heterocycles. The summed E-state index contributed by atoms with van der Waals surface area (Å²) in [5.41, 5.74) is 0. The Kier molecular flexibility index (Phi) is 2.81. The highest BCUT2D eigenvalue weighted by Gasteiger charge is 2.37. The van der Waals surface area contributed by atoms with E-state index in [0.717, 1.165) is 19.4 Å². The molecule has 1 heterocycles. The molecule has 2 fully saturated rings. The van der Waals surface area contributed by atoms with Crippen LogP contribution in [0.3, 0.4) is 0 Å². The molecule has 0 N–H and O–H groups in total. The molecule has 0 unspecified atom stereocenters. The number of ketones is 1. The van der Waals surface area contributed by atoms with Crippen LogP contribution >= 0.6 is 0 Å². The van der Waals surface area contributed by atoms with Gasteiger partial charge < -0.3 is 4.90 Å². The third-order valence-electron chi connectivity index (χ3n) is 3.83. The quantitative estimate of drug-likeness (QED) is 0.658. The van der Waals surface area contributed by atoms with E-state index >= 15 is 0 Å². The highest BCUT2D eigenvalue weighted by Crippen LogP contribution is 2.30. The smallest absolute Gasteiger partial charge is 0.225 e. The maximum Gasteiger partial charge on any atom is 0.225 e. The van der Waals surface area contributed by atoms with Crippen LogP contribution in [0.5, 0.6) is 0 Å². The van der Waals surface area contributed by atoms with E-state index in [9.17, 15) is 9.59 Å². The maximum absolute atomic E-state index is 11.9. The second-order valence-corrected chi connectivity index (χ2v) is 5.05. The Morgan fingerprint density at radius 3 is 2.47 bits per heavy atom. The molecule has 15 heavy (non-hydrogen) atoms. The molecular formula is C12H19NO2. The van der Waals surface area contributed by atoms with Gasteiger partial charge in [-0.25, -0.2) is 0 Å². The zero-order valence-electron chi connectivity index (χ0n) is 9.53. The highest BCUT2D eigenvalue weighted by molar-refractivity contribution is 5.82. The minimum atomic E-state index is 0.190. The number of hydrogen-bond acceptors (Lipinski definition) is 2. The van der Waals surface area contributed by atoms with Crippen molar-refractivity contribution in [1.82, 2.24) is 4.90 Å². The van der Waals surface area contributed by atoms with Crippen molar-refractivity contribution in [3.8, 4) is 0 Å². The summed E-state index contributed by atoms with van der Waals surface area (Å²) in [5.74, 6) is 1.19. The van der Waals surface area contributed by atoms with Crippen molar-refractivity contribution in [3.05, 3.63) is 0 Å². The van der Waals surface area contributed by atoms with Crippen LogP contribution in [0.4, 0.5) is 0 Å². The van der Waals surface area contributed by atoms with Gasteiger partial charge in [-0.3, -0.25) is 9.59 Å². The van der Waals surface area contributed by atoms with Crippen LogP contribution < -0.4 is 0 Å². The molecule has 1 saturated heterocycles. The first-order chi connectivity index (χ1) is 7.09. The third kappa shape index (κ3) is 1.92. The molecule has 0 bridgehead atoms. The minimum Gasteiger partial charge on any atom is -0.339 e. The zero-order valence-corrected chi connectivity index (χ0v) is 9.53. The van der Waals surface area contributed by atoms with Crippen LogP contribution in [0.25, 0.3) is 0 Å². The van der Waals surface area contributed by atoms with Crippen LogP contribution in [-0.4, -0.2) is 29.2 Å². The number of likely N-dealkylation sites (tertiary alicyclic amines) is 1. The van der Waals surface area contributed by atoms with Gasteiger partial charge >= 0.3 is 0 Å². The third-order valence-corrected chi connectivity index (χ3v) is 3.83. The fourth-order valence-electron chi connectivity index (χ4n) is 2.83. The number of nitrogens with zero attached hydrogens (tertiary/aromatic N) is 1. The maximum atomic E-state index is 11.9. The van der Waals surface area contributed by atoms with Crippen LogP contribution in [-0.2, 0) is 9.59 Å². The van der Waals surface area contributed by atoms with Crippen LogP contribution in [0, 0.1) is 11.8 Å². The van der Waals surface area contributed by atoms with Crippen LogP contribution in [0.2, 0.25) is 0 Å². The Labute approximate surface area is 90.8 Å². The first kappa shape index (κ1) is 10.7. The van der Waals surface area contributed by atoms with Gasteiger partial charge in [-0.15, -0.1) is 0 Å². The Bertz CT molecular complexity index is 287. The normalized spacial score (nSPS) is 37.5. The van der Waals surface area contributed by atoms with Crippen molar-refractivity contribution in [2.24, 2.45) is 11.8 Å². The molecular weight excluding hydrogens is 190 g/mol. The van der Waals surface area contributed by atoms with E-state index < -0.39 is 0 Å². The van der Waals surface area contributed by atoms with Crippen molar-refractivity contribution in [2.45, 2.75) is 45.6 Å². The molecule has 1 aliphatic carbocycles. The lowest BCUT2D eigenvalue weighted by Crippen LogP contribution is -2.44. The summed E-state index contributed by atoms with van der Waals surface area (Å²) in [4.78, 5) is 25.2. The van der Waals surface area contributed by atoms with E-state index in [1.54, 1.807) is 0 Å². The highest BCUT2D eigenvalue weighted by atomic mass is 16.2. The Morgan fingerprint density at radius 1 is 1.20 bits per heavy atom. The van der Waals surface area contributed by atoms with Gasteiger partial charge in [0.25, 0.3) is 0 Å². The minimum absolute atomic E-state index is 0.190. The van der Waals surface area contributed by atoms with Gasteiger partial charge in [0, 0.05) is 31.3 Å². The molecule has 0 aromatic rings. The average molecular weight is 209 g/mol. The van der Waals surface area contributed by atoms with Crippen molar-refractivity contribution in [2.75, 3.05) is 6.54 Å². The molecule has 0 aromatic carbocycles. The summed E-state index contributed by atoms with van der Waals surface area (Å²) in [5, 5.41) is 0. The second-order valence-electron chi connectivity index (χ2n) is 5.05. The Hall–Kier alpha value is -0.860. The first-order valence-corrected chi connectivity index (χ1v) is 5.91. The number of Topliss-reactive ketones (excluding diaryl/α,β-unsaturated/α-hetero) is 1. The van der Waals surface area contributed by atoms with Crippen LogP contribution in [0.1, 0.15) is 39.5 Å². The molecule has 1 saturated carbocycles. The topological polar surface area (TPSA) is 37.4 Å². The van der Waals surface area contributed by atoms with Crippen molar-refractivity contribution in [3.63, 3.8) is 0 Å². The van der Waals surface area contributed by atoms with Gasteiger partial charge in [0.1, 0.15) is 5.78 Å². The van der Waals surface area contributed by atoms with Crippen molar-refractivity contribution >= 4 is 11.7 Å². The molecule has 0 spiro atoms. The van der Waals surface area contributed by atoms with Gasteiger partial charge in [0.15, 0.2) is 0 Å². The van der Waals surface area contributed by atoms with Gasteiger partial charge in [-0.05, 0) is 18.8 Å². The summed E-state index contributed by atoms with van der Waals surface area (Å²) >= 11 is 0. The molecule has 1 amide bonds. The number of hydrogen-bond donors (Lipinski definition) is 0. The molecule has 3 atom stereocenters. The lowest BCUT2D eigenvalue weighted by molar-refractivity contribution is -0.136. The zero-order chi connectivity index (χ0) is 11.0. The monoisotopic (exact) mass is 209 g/mol. The van der Waals surface area contributed by atoms with Gasteiger partial charge in [-0.2, -0.15) is 0 Å². The number of carbonyl (C=O) groups excluding carboxylic acids is 2. The van der Waals surface area contributed by atoms with E-state index in [1.165, 1.54) is 0 Å². The van der Waals surface area contributed by atoms with Crippen molar-refractivity contribution in [1.29, 1.82) is 0 Å². The molecule has 3 heteroatoms. The van der Waals surface area contributed by atoms with Gasteiger partial charge in [0.2, 0.25) is 5.91 Å². The van der Waals surface area contributed by atoms with Crippen molar-refractivity contribution < 1.29 is 9.59 Å². The number of carbonyl (C=O) groups is 2. The Balaban J connectivity index is 2.05. The fraction of sp³-hybridized carbons (Fsp3) is 0.833. The predicted octanol–water partition coefficient (Wildman–Crippen LogP) is 1.61. The molecule has 0 aromatic heterocycles. The SMILES string of the molecule is C[C@@H]1CC(=O)CC[C@@H]1N1CC[C@H](C)C1=O. The molecule has 2 aliphatic rings. The number of amides is 1. The molecule has 3 nitrogen and oxygen atoms in total. The first-order valence-electron chi connectivity index (χ1n) is 5.91.